The minimum Gasteiger partial charge on any atom is -0.480 e. The van der Waals surface area contributed by atoms with Gasteiger partial charge in [0.25, 0.3) is 5.91 Å². The molecule has 2 aliphatic rings. The summed E-state index contributed by atoms with van der Waals surface area (Å²) < 4.78 is 0.719. The van der Waals surface area contributed by atoms with Gasteiger partial charge in [0, 0.05) is 17.2 Å². The van der Waals surface area contributed by atoms with Crippen molar-refractivity contribution in [2.75, 3.05) is 23.4 Å². The highest BCUT2D eigenvalue weighted by atomic mass is 32.2. The van der Waals surface area contributed by atoms with Crippen molar-refractivity contribution < 1.29 is 29.4 Å². The first-order valence-corrected chi connectivity index (χ1v) is 13.4. The molecule has 1 aromatic carbocycles. The number of amides is 2. The van der Waals surface area contributed by atoms with E-state index in [0.717, 1.165) is 9.35 Å². The summed E-state index contributed by atoms with van der Waals surface area (Å²) in [6.45, 7) is 1.58. The fraction of sp³-hybridized carbons (Fsp3) is 0.333. The minimum atomic E-state index is -1.20. The molecule has 0 spiro atoms. The van der Waals surface area contributed by atoms with E-state index >= 15 is 0 Å². The first-order chi connectivity index (χ1) is 17.2. The number of rotatable bonds is 10. The van der Waals surface area contributed by atoms with Crippen LogP contribution in [0, 0.1) is 6.92 Å². The number of β-lactam (4-membered cyclic amide) rings is 1. The Morgan fingerprint density at radius 3 is 2.58 bits per heavy atom. The Morgan fingerprint density at radius 2 is 1.97 bits per heavy atom. The third kappa shape index (κ3) is 5.48. The smallest absolute Gasteiger partial charge is 0.352 e. The van der Waals surface area contributed by atoms with Crippen LogP contribution in [0.25, 0.3) is 0 Å². The number of aryl methyl sites for hydroxylation is 1. The molecular formula is C21H22N6O6S3. The van der Waals surface area contributed by atoms with E-state index < -0.39 is 41.2 Å². The summed E-state index contributed by atoms with van der Waals surface area (Å²) in [4.78, 5) is 49.5. The maximum atomic E-state index is 12.9. The number of carbonyl (C=O) groups is 4. The van der Waals surface area contributed by atoms with Gasteiger partial charge in [-0.2, -0.15) is 0 Å². The Hall–Kier alpha value is -3.14. The molecule has 12 nitrogen and oxygen atoms in total. The first-order valence-electron chi connectivity index (χ1n) is 10.6. The second kappa shape index (κ2) is 10.9. The van der Waals surface area contributed by atoms with Crippen molar-refractivity contribution in [3.63, 3.8) is 0 Å². The molecule has 36 heavy (non-hydrogen) atoms. The lowest BCUT2D eigenvalue weighted by atomic mass is 10.0. The largest absolute Gasteiger partial charge is 0.480 e. The molecule has 15 heteroatoms. The number of fused-ring (bicyclic) bond motifs is 1. The molecular weight excluding hydrogens is 528 g/mol. The Bertz CT molecular complexity index is 1230. The quantitative estimate of drug-likeness (QED) is 0.208. The summed E-state index contributed by atoms with van der Waals surface area (Å²) in [6, 6.07) is 4.43. The van der Waals surface area contributed by atoms with Crippen LogP contribution in [0.4, 0.5) is 5.69 Å². The molecule has 1 fully saturated rings. The Labute approximate surface area is 217 Å². The third-order valence-electron chi connectivity index (χ3n) is 5.42. The number of thioether (sulfide) groups is 2. The average Bonchev–Trinajstić information content (AvgIpc) is 3.28. The number of nitrogens with two attached hydrogens (primary N) is 1. The van der Waals surface area contributed by atoms with Gasteiger partial charge in [-0.25, -0.2) is 4.79 Å². The van der Waals surface area contributed by atoms with Crippen LogP contribution in [0.15, 0.2) is 39.9 Å². The van der Waals surface area contributed by atoms with Gasteiger partial charge < -0.3 is 26.6 Å². The summed E-state index contributed by atoms with van der Waals surface area (Å²) in [5, 5.41) is 32.1. The highest BCUT2D eigenvalue weighted by molar-refractivity contribution is 8.01. The number of carboxylic acids is 2. The van der Waals surface area contributed by atoms with Crippen molar-refractivity contribution in [3.8, 4) is 0 Å². The molecule has 1 aromatic heterocycles. The van der Waals surface area contributed by atoms with E-state index in [1.54, 1.807) is 24.3 Å². The summed E-state index contributed by atoms with van der Waals surface area (Å²) in [5.74, 6) is -2.53. The maximum absolute atomic E-state index is 12.9. The lowest BCUT2D eigenvalue weighted by Gasteiger charge is -2.49. The molecule has 3 heterocycles. The number of carbonyl (C=O) groups excluding carboxylic acids is 2. The van der Waals surface area contributed by atoms with Crippen molar-refractivity contribution in [1.82, 2.24) is 20.4 Å². The van der Waals surface area contributed by atoms with E-state index in [1.807, 2.05) is 6.92 Å². The van der Waals surface area contributed by atoms with Gasteiger partial charge in [-0.15, -0.1) is 22.0 Å². The van der Waals surface area contributed by atoms with Gasteiger partial charge in [0.15, 0.2) is 4.34 Å². The summed E-state index contributed by atoms with van der Waals surface area (Å²) in [7, 11) is 0. The van der Waals surface area contributed by atoms with E-state index in [2.05, 4.69) is 20.8 Å². The minimum absolute atomic E-state index is 0.0586. The van der Waals surface area contributed by atoms with Crippen LogP contribution in [-0.4, -0.2) is 78.5 Å². The SMILES string of the molecule is Cc1nnc(SCC2=C(C(=O)O)N3C(=O)C(NC(=O)C(N)c4ccc(NCC(=O)O)cc4)[C@@H]3SC2)s1. The number of benzene rings is 1. The summed E-state index contributed by atoms with van der Waals surface area (Å²) in [6.07, 6.45) is 0. The number of nitrogens with one attached hydrogen (secondary N) is 2. The lowest BCUT2D eigenvalue weighted by molar-refractivity contribution is -0.150. The fourth-order valence-corrected chi connectivity index (χ4v) is 6.96. The van der Waals surface area contributed by atoms with Crippen LogP contribution in [0.1, 0.15) is 16.6 Å². The molecule has 2 aliphatic heterocycles. The van der Waals surface area contributed by atoms with Crippen molar-refractivity contribution in [3.05, 3.63) is 46.1 Å². The van der Waals surface area contributed by atoms with E-state index in [9.17, 15) is 24.3 Å². The van der Waals surface area contributed by atoms with Crippen molar-refractivity contribution in [2.45, 2.75) is 28.7 Å². The van der Waals surface area contributed by atoms with E-state index in [4.69, 9.17) is 10.8 Å². The number of aliphatic carboxylic acids is 2. The van der Waals surface area contributed by atoms with Crippen molar-refractivity contribution in [2.24, 2.45) is 5.73 Å². The van der Waals surface area contributed by atoms with E-state index in [-0.39, 0.29) is 12.2 Å². The van der Waals surface area contributed by atoms with Crippen molar-refractivity contribution >= 4 is 64.3 Å². The zero-order valence-electron chi connectivity index (χ0n) is 18.8. The normalized spacial score (nSPS) is 19.8. The van der Waals surface area contributed by atoms with E-state index in [0.29, 0.717) is 28.3 Å². The average molecular weight is 551 g/mol. The highest BCUT2D eigenvalue weighted by Crippen LogP contribution is 2.42. The molecule has 2 unspecified atom stereocenters. The molecule has 4 rings (SSSR count). The van der Waals surface area contributed by atoms with Crippen LogP contribution in [0.5, 0.6) is 0 Å². The van der Waals surface area contributed by atoms with Crippen molar-refractivity contribution in [1.29, 1.82) is 0 Å². The topological polar surface area (TPSA) is 188 Å². The van der Waals surface area contributed by atoms with Gasteiger partial charge in [0.2, 0.25) is 5.91 Å². The van der Waals surface area contributed by atoms with E-state index in [1.165, 1.54) is 39.8 Å². The molecule has 2 aromatic rings. The lowest BCUT2D eigenvalue weighted by Crippen LogP contribution is -2.71. The number of hydrogen-bond donors (Lipinski definition) is 5. The van der Waals surface area contributed by atoms with Gasteiger partial charge >= 0.3 is 11.9 Å². The van der Waals surface area contributed by atoms with Gasteiger partial charge in [0.1, 0.15) is 34.7 Å². The molecule has 190 valence electrons. The zero-order chi connectivity index (χ0) is 26.0. The molecule has 0 radical (unpaired) electrons. The molecule has 2 amide bonds. The fourth-order valence-electron chi connectivity index (χ4n) is 3.66. The van der Waals surface area contributed by atoms with Gasteiger partial charge in [-0.1, -0.05) is 35.2 Å². The van der Waals surface area contributed by atoms with Crippen LogP contribution in [0.3, 0.4) is 0 Å². The predicted molar refractivity (Wildman–Crippen MR) is 135 cm³/mol. The molecule has 1 saturated heterocycles. The molecule has 6 N–H and O–H groups in total. The molecule has 0 bridgehead atoms. The second-order valence-electron chi connectivity index (χ2n) is 7.88. The Balaban J connectivity index is 1.39. The zero-order valence-corrected chi connectivity index (χ0v) is 21.3. The number of nitrogens with zero attached hydrogens (tertiary/aromatic N) is 3. The van der Waals surface area contributed by atoms with Crippen LogP contribution in [0.2, 0.25) is 0 Å². The molecule has 0 aliphatic carbocycles. The van der Waals surface area contributed by atoms with Gasteiger partial charge in [0.05, 0.1) is 0 Å². The summed E-state index contributed by atoms with van der Waals surface area (Å²) >= 11 is 4.16. The number of carboxylic acid groups (broad SMARTS) is 2. The van der Waals surface area contributed by atoms with Gasteiger partial charge in [-0.05, 0) is 30.2 Å². The molecule has 3 atom stereocenters. The second-order valence-corrected chi connectivity index (χ2v) is 11.4. The number of anilines is 1. The third-order valence-corrected chi connectivity index (χ3v) is 8.82. The number of aromatic nitrogens is 2. The monoisotopic (exact) mass is 550 g/mol. The number of hydrogen-bond acceptors (Lipinski definition) is 11. The summed E-state index contributed by atoms with van der Waals surface area (Å²) in [5.41, 5.74) is 7.65. The van der Waals surface area contributed by atoms with Gasteiger partial charge in [-0.3, -0.25) is 19.3 Å². The standard InChI is InChI=1S/C21H22N6O6S3/c1-9-25-26-21(36-9)35-8-11-7-34-19-15(18(31)27(19)16(11)20(32)33)24-17(30)14(22)10-2-4-12(5-3-10)23-6-13(28)29/h2-5,14-15,19,23H,6-8,22H2,1H3,(H,24,30)(H,28,29)(H,32,33)/t14?,15?,19-/m0/s1. The highest BCUT2D eigenvalue weighted by Gasteiger charge is 2.54. The first kappa shape index (κ1) is 25.9. The Morgan fingerprint density at radius 1 is 1.25 bits per heavy atom. The maximum Gasteiger partial charge on any atom is 0.352 e. The predicted octanol–water partition coefficient (Wildman–Crippen LogP) is 0.874. The molecule has 0 saturated carbocycles. The Kier molecular flexibility index (Phi) is 7.82. The van der Waals surface area contributed by atoms with Crippen LogP contribution >= 0.6 is 34.9 Å². The van der Waals surface area contributed by atoms with Crippen LogP contribution in [-0.2, 0) is 19.2 Å². The van der Waals surface area contributed by atoms with Crippen LogP contribution < -0.4 is 16.4 Å².